The predicted molar refractivity (Wildman–Crippen MR) is 119 cm³/mol. The standard InChI is InChI=1S/C23H32N2O2.C2HF3O2/c26-17-10-16(11-17)23(27)24-22-19-9-5-4-8-18(19)20-13-25(14-21(20)22)12-15-6-2-1-3-7-15;3-2(4,5)1(6)7/h4-5,8-9,15-17,20-22,26H,1-3,6-7,10-14H2,(H,24,27);(H,6,7)/t16?,17?,20-,21-,22+;/m0./s1. The molecule has 34 heavy (non-hydrogen) atoms. The highest BCUT2D eigenvalue weighted by molar-refractivity contribution is 5.80. The Morgan fingerprint density at radius 1 is 1.03 bits per heavy atom. The van der Waals surface area contributed by atoms with E-state index in [1.54, 1.807) is 0 Å². The molecule has 3 N–H and O–H groups in total. The van der Waals surface area contributed by atoms with E-state index in [4.69, 9.17) is 9.90 Å². The number of alkyl halides is 3. The Morgan fingerprint density at radius 3 is 2.24 bits per heavy atom. The van der Waals surface area contributed by atoms with Crippen molar-refractivity contribution >= 4 is 11.9 Å². The van der Waals surface area contributed by atoms with Gasteiger partial charge in [-0.05, 0) is 42.7 Å². The summed E-state index contributed by atoms with van der Waals surface area (Å²) in [5.74, 6) is -0.677. The number of fused-ring (bicyclic) bond motifs is 3. The SMILES string of the molecule is O=C(N[C@@H]1c2ccccc2[C@@H]2CN(CC3CCCCC3)C[C@H]12)C1CC(O)C1.O=C(O)C(F)(F)F. The minimum absolute atomic E-state index is 0.00552. The summed E-state index contributed by atoms with van der Waals surface area (Å²) < 4.78 is 31.7. The Bertz CT molecular complexity index is 881. The van der Waals surface area contributed by atoms with Crippen molar-refractivity contribution in [2.24, 2.45) is 17.8 Å². The van der Waals surface area contributed by atoms with Crippen LogP contribution in [-0.2, 0) is 9.59 Å². The molecule has 6 nitrogen and oxygen atoms in total. The van der Waals surface area contributed by atoms with Gasteiger partial charge < -0.3 is 20.4 Å². The Kier molecular flexibility index (Phi) is 7.52. The van der Waals surface area contributed by atoms with E-state index in [0.29, 0.717) is 24.7 Å². The number of carbonyl (C=O) groups excluding carboxylic acids is 1. The number of hydrogen-bond acceptors (Lipinski definition) is 4. The maximum absolute atomic E-state index is 12.7. The van der Waals surface area contributed by atoms with E-state index in [1.807, 2.05) is 0 Å². The molecule has 3 aliphatic carbocycles. The van der Waals surface area contributed by atoms with Crippen molar-refractivity contribution in [3.8, 4) is 0 Å². The number of carboxylic acid groups (broad SMARTS) is 1. The molecule has 1 aromatic carbocycles. The van der Waals surface area contributed by atoms with E-state index in [9.17, 15) is 23.1 Å². The van der Waals surface area contributed by atoms with Crippen molar-refractivity contribution in [1.82, 2.24) is 10.2 Å². The van der Waals surface area contributed by atoms with Crippen molar-refractivity contribution in [3.05, 3.63) is 35.4 Å². The van der Waals surface area contributed by atoms with Gasteiger partial charge in [0.1, 0.15) is 0 Å². The number of hydrogen-bond donors (Lipinski definition) is 3. The highest BCUT2D eigenvalue weighted by Gasteiger charge is 2.47. The van der Waals surface area contributed by atoms with Gasteiger partial charge in [-0.25, -0.2) is 4.79 Å². The number of nitrogens with one attached hydrogen (secondary N) is 1. The molecule has 0 bridgehead atoms. The number of aliphatic hydroxyl groups excluding tert-OH is 1. The number of rotatable bonds is 4. The van der Waals surface area contributed by atoms with E-state index in [-0.39, 0.29) is 24.0 Å². The van der Waals surface area contributed by atoms with E-state index in [0.717, 1.165) is 19.0 Å². The van der Waals surface area contributed by atoms with Gasteiger partial charge in [0, 0.05) is 37.4 Å². The maximum Gasteiger partial charge on any atom is 0.490 e. The van der Waals surface area contributed by atoms with Crippen LogP contribution >= 0.6 is 0 Å². The van der Waals surface area contributed by atoms with Crippen LogP contribution in [0.4, 0.5) is 13.2 Å². The van der Waals surface area contributed by atoms with Crippen LogP contribution in [0.3, 0.4) is 0 Å². The van der Waals surface area contributed by atoms with Crippen LogP contribution in [0.5, 0.6) is 0 Å². The van der Waals surface area contributed by atoms with Crippen molar-refractivity contribution in [3.63, 3.8) is 0 Å². The van der Waals surface area contributed by atoms with Crippen molar-refractivity contribution < 1.29 is 33.0 Å². The van der Waals surface area contributed by atoms with Crippen LogP contribution in [-0.4, -0.2) is 58.9 Å². The predicted octanol–water partition coefficient (Wildman–Crippen LogP) is 3.86. The van der Waals surface area contributed by atoms with E-state index < -0.39 is 12.1 Å². The van der Waals surface area contributed by atoms with Crippen molar-refractivity contribution in [2.75, 3.05) is 19.6 Å². The van der Waals surface area contributed by atoms with E-state index >= 15 is 0 Å². The summed E-state index contributed by atoms with van der Waals surface area (Å²) in [4.78, 5) is 24.3. The van der Waals surface area contributed by atoms with Crippen LogP contribution in [0.2, 0.25) is 0 Å². The molecule has 0 aromatic heterocycles. The van der Waals surface area contributed by atoms with Crippen molar-refractivity contribution in [1.29, 1.82) is 0 Å². The molecule has 3 fully saturated rings. The molecule has 9 heteroatoms. The fourth-order valence-electron chi connectivity index (χ4n) is 6.08. The number of aliphatic carboxylic acids is 1. The lowest BCUT2D eigenvalue weighted by Crippen LogP contribution is -2.43. The Balaban J connectivity index is 0.000000344. The first-order valence-electron chi connectivity index (χ1n) is 12.2. The van der Waals surface area contributed by atoms with Crippen LogP contribution < -0.4 is 5.32 Å². The van der Waals surface area contributed by atoms with Crippen LogP contribution in [0, 0.1) is 17.8 Å². The van der Waals surface area contributed by atoms with Gasteiger partial charge >= 0.3 is 12.1 Å². The average Bonchev–Trinajstić information content (AvgIpc) is 3.30. The van der Waals surface area contributed by atoms with Gasteiger partial charge in [0.15, 0.2) is 0 Å². The van der Waals surface area contributed by atoms with Crippen LogP contribution in [0.15, 0.2) is 24.3 Å². The molecule has 1 aliphatic heterocycles. The number of benzene rings is 1. The molecule has 1 aromatic rings. The number of aliphatic hydroxyl groups is 1. The quantitative estimate of drug-likeness (QED) is 0.607. The number of likely N-dealkylation sites (tertiary alicyclic amines) is 1. The summed E-state index contributed by atoms with van der Waals surface area (Å²) >= 11 is 0. The smallest absolute Gasteiger partial charge is 0.475 e. The number of nitrogens with zero attached hydrogens (tertiary/aromatic N) is 1. The molecule has 2 saturated carbocycles. The number of carboxylic acids is 1. The van der Waals surface area contributed by atoms with E-state index in [1.165, 1.54) is 49.8 Å². The lowest BCUT2D eigenvalue weighted by molar-refractivity contribution is -0.192. The minimum atomic E-state index is -5.08. The second kappa shape index (κ2) is 10.2. The lowest BCUT2D eigenvalue weighted by Gasteiger charge is -2.32. The molecule has 1 saturated heterocycles. The zero-order valence-corrected chi connectivity index (χ0v) is 19.1. The maximum atomic E-state index is 12.7. The topological polar surface area (TPSA) is 89.9 Å². The molecule has 0 spiro atoms. The third-order valence-electron chi connectivity index (χ3n) is 7.86. The Hall–Kier alpha value is -2.13. The molecule has 3 atom stereocenters. The fourth-order valence-corrected chi connectivity index (χ4v) is 6.08. The largest absolute Gasteiger partial charge is 0.490 e. The first kappa shape index (κ1) is 25.0. The number of amides is 1. The normalized spacial score (nSPS) is 31.0. The summed E-state index contributed by atoms with van der Waals surface area (Å²) in [7, 11) is 0. The summed E-state index contributed by atoms with van der Waals surface area (Å²) in [6.07, 6.45) is 2.91. The first-order chi connectivity index (χ1) is 16.1. The monoisotopic (exact) mass is 482 g/mol. The molecule has 0 radical (unpaired) electrons. The fraction of sp³-hybridized carbons (Fsp3) is 0.680. The van der Waals surface area contributed by atoms with Gasteiger partial charge in [-0.3, -0.25) is 4.79 Å². The van der Waals surface area contributed by atoms with Gasteiger partial charge in [-0.2, -0.15) is 13.2 Å². The molecular formula is C25H33F3N2O4. The summed E-state index contributed by atoms with van der Waals surface area (Å²) in [5.41, 5.74) is 2.78. The van der Waals surface area contributed by atoms with Crippen LogP contribution in [0.25, 0.3) is 0 Å². The summed E-state index contributed by atoms with van der Waals surface area (Å²) in [6.45, 7) is 3.49. The lowest BCUT2D eigenvalue weighted by atomic mass is 9.81. The first-order valence-corrected chi connectivity index (χ1v) is 12.2. The van der Waals surface area contributed by atoms with Crippen LogP contribution in [0.1, 0.15) is 68.0 Å². The molecule has 4 aliphatic rings. The molecule has 1 heterocycles. The third kappa shape index (κ3) is 5.57. The van der Waals surface area contributed by atoms with E-state index in [2.05, 4.69) is 34.5 Å². The van der Waals surface area contributed by atoms with Gasteiger partial charge in [0.2, 0.25) is 5.91 Å². The third-order valence-corrected chi connectivity index (χ3v) is 7.86. The second-order valence-electron chi connectivity index (χ2n) is 10.2. The summed E-state index contributed by atoms with van der Waals surface area (Å²) in [5, 5.41) is 20.0. The number of carbonyl (C=O) groups is 2. The molecular weight excluding hydrogens is 449 g/mol. The Morgan fingerprint density at radius 2 is 1.65 bits per heavy atom. The zero-order valence-electron chi connectivity index (χ0n) is 19.1. The van der Waals surface area contributed by atoms with Gasteiger partial charge in [0.25, 0.3) is 0 Å². The second-order valence-corrected chi connectivity index (χ2v) is 10.2. The summed E-state index contributed by atoms with van der Waals surface area (Å²) in [6, 6.07) is 8.88. The van der Waals surface area contributed by atoms with Crippen molar-refractivity contribution in [2.45, 2.75) is 69.2 Å². The molecule has 5 rings (SSSR count). The van der Waals surface area contributed by atoms with Gasteiger partial charge in [0.05, 0.1) is 12.1 Å². The molecule has 188 valence electrons. The van der Waals surface area contributed by atoms with Gasteiger partial charge in [-0.15, -0.1) is 0 Å². The molecule has 1 amide bonds. The Labute approximate surface area is 197 Å². The average molecular weight is 483 g/mol. The molecule has 0 unspecified atom stereocenters. The van der Waals surface area contributed by atoms with Gasteiger partial charge in [-0.1, -0.05) is 43.5 Å². The number of halogens is 3. The minimum Gasteiger partial charge on any atom is -0.475 e. The zero-order chi connectivity index (χ0) is 24.5. The highest BCUT2D eigenvalue weighted by Crippen LogP contribution is 2.49. The highest BCUT2D eigenvalue weighted by atomic mass is 19.4.